The van der Waals surface area contributed by atoms with Gasteiger partial charge >= 0.3 is 0 Å². The second-order valence-electron chi connectivity index (χ2n) is 4.35. The molecular formula is C15H13N3O3. The minimum Gasteiger partial charge on any atom is -0.485 e. The van der Waals surface area contributed by atoms with Crippen LogP contribution in [0.4, 0.5) is 0 Å². The van der Waals surface area contributed by atoms with Gasteiger partial charge in [0.15, 0.2) is 11.5 Å². The Bertz CT molecular complexity index is 658. The number of hydrogen-bond acceptors (Lipinski definition) is 5. The second kappa shape index (κ2) is 6.04. The Balaban J connectivity index is 1.59. The van der Waals surface area contributed by atoms with Crippen LogP contribution in [0.3, 0.4) is 0 Å². The van der Waals surface area contributed by atoms with Crippen LogP contribution < -0.4 is 14.9 Å². The first-order valence-electron chi connectivity index (χ1n) is 6.45. The van der Waals surface area contributed by atoms with Gasteiger partial charge in [0.05, 0.1) is 11.9 Å². The van der Waals surface area contributed by atoms with Gasteiger partial charge in [0, 0.05) is 6.20 Å². The first kappa shape index (κ1) is 13.1. The summed E-state index contributed by atoms with van der Waals surface area (Å²) in [6.07, 6.45) is 2.40. The molecule has 0 fully saturated rings. The normalized spacial score (nSPS) is 16.7. The summed E-state index contributed by atoms with van der Waals surface area (Å²) in [4.78, 5) is 16.0. The van der Waals surface area contributed by atoms with Crippen molar-refractivity contribution >= 4 is 12.1 Å². The molecule has 1 aliphatic heterocycles. The standard InChI is InChI=1S/C15H13N3O3/c19-15(18-17-9-11-5-3-4-8-16-11)14-10-20-12-6-1-2-7-13(12)21-14/h1-9,14H,10H2,(H,18,19)/b17-9+/t14-/m0/s1. The number of rotatable bonds is 3. The van der Waals surface area contributed by atoms with Gasteiger partial charge in [0.2, 0.25) is 6.10 Å². The third kappa shape index (κ3) is 3.17. The van der Waals surface area contributed by atoms with Crippen molar-refractivity contribution in [1.29, 1.82) is 0 Å². The highest BCUT2D eigenvalue weighted by Crippen LogP contribution is 2.30. The molecule has 0 spiro atoms. The van der Waals surface area contributed by atoms with E-state index < -0.39 is 6.10 Å². The minimum atomic E-state index is -0.721. The topological polar surface area (TPSA) is 72.8 Å². The number of fused-ring (bicyclic) bond motifs is 1. The summed E-state index contributed by atoms with van der Waals surface area (Å²) >= 11 is 0. The zero-order valence-corrected chi connectivity index (χ0v) is 11.1. The molecule has 3 rings (SSSR count). The number of benzene rings is 1. The molecule has 1 aromatic carbocycles. The number of hydrazone groups is 1. The van der Waals surface area contributed by atoms with Gasteiger partial charge in [-0.05, 0) is 24.3 Å². The Morgan fingerprint density at radius 1 is 1.24 bits per heavy atom. The van der Waals surface area contributed by atoms with Crippen LogP contribution in [0.5, 0.6) is 11.5 Å². The highest BCUT2D eigenvalue weighted by molar-refractivity contribution is 5.84. The van der Waals surface area contributed by atoms with Gasteiger partial charge in [-0.15, -0.1) is 0 Å². The molecule has 1 N–H and O–H groups in total. The number of nitrogens with one attached hydrogen (secondary N) is 1. The van der Waals surface area contributed by atoms with Gasteiger partial charge in [-0.2, -0.15) is 5.10 Å². The Morgan fingerprint density at radius 2 is 2.05 bits per heavy atom. The summed E-state index contributed by atoms with van der Waals surface area (Å²) in [5, 5.41) is 3.85. The average Bonchev–Trinajstić information content (AvgIpc) is 2.55. The molecule has 0 aliphatic carbocycles. The van der Waals surface area contributed by atoms with Crippen molar-refractivity contribution in [3.8, 4) is 11.5 Å². The number of carbonyl (C=O) groups excluding carboxylic acids is 1. The van der Waals surface area contributed by atoms with E-state index >= 15 is 0 Å². The van der Waals surface area contributed by atoms with Crippen molar-refractivity contribution in [1.82, 2.24) is 10.4 Å². The molecule has 0 saturated heterocycles. The molecule has 1 atom stereocenters. The third-order valence-electron chi connectivity index (χ3n) is 2.86. The summed E-state index contributed by atoms with van der Waals surface area (Å²) in [6.45, 7) is 0.155. The van der Waals surface area contributed by atoms with Crippen LogP contribution in [0, 0.1) is 0 Å². The number of amides is 1. The molecule has 0 radical (unpaired) electrons. The molecule has 1 aromatic heterocycles. The van der Waals surface area contributed by atoms with Crippen LogP contribution in [-0.4, -0.2) is 29.8 Å². The van der Waals surface area contributed by atoms with E-state index in [1.54, 1.807) is 30.5 Å². The lowest BCUT2D eigenvalue weighted by molar-refractivity contribution is -0.130. The summed E-state index contributed by atoms with van der Waals surface area (Å²) in [7, 11) is 0. The lowest BCUT2D eigenvalue weighted by Crippen LogP contribution is -2.42. The van der Waals surface area contributed by atoms with Crippen LogP contribution in [0.25, 0.3) is 0 Å². The van der Waals surface area contributed by atoms with E-state index in [9.17, 15) is 4.79 Å². The quantitative estimate of drug-likeness (QED) is 0.682. The fraction of sp³-hybridized carbons (Fsp3) is 0.133. The zero-order chi connectivity index (χ0) is 14.5. The van der Waals surface area contributed by atoms with E-state index in [1.807, 2.05) is 18.2 Å². The highest BCUT2D eigenvalue weighted by Gasteiger charge is 2.26. The maximum Gasteiger partial charge on any atom is 0.284 e. The van der Waals surface area contributed by atoms with Gasteiger partial charge in [-0.1, -0.05) is 18.2 Å². The number of nitrogens with zero attached hydrogens (tertiary/aromatic N) is 2. The van der Waals surface area contributed by atoms with Crippen molar-refractivity contribution in [3.63, 3.8) is 0 Å². The third-order valence-corrected chi connectivity index (χ3v) is 2.86. The van der Waals surface area contributed by atoms with Crippen molar-refractivity contribution in [2.45, 2.75) is 6.10 Å². The predicted octanol–water partition coefficient (Wildman–Crippen LogP) is 1.37. The fourth-order valence-corrected chi connectivity index (χ4v) is 1.84. The Labute approximate surface area is 121 Å². The lowest BCUT2D eigenvalue weighted by atomic mass is 10.2. The number of hydrogen-bond donors (Lipinski definition) is 1. The second-order valence-corrected chi connectivity index (χ2v) is 4.35. The molecule has 106 valence electrons. The van der Waals surface area contributed by atoms with E-state index in [1.165, 1.54) is 6.21 Å². The molecule has 0 saturated carbocycles. The van der Waals surface area contributed by atoms with E-state index in [4.69, 9.17) is 9.47 Å². The van der Waals surface area contributed by atoms with Crippen molar-refractivity contribution < 1.29 is 14.3 Å². The van der Waals surface area contributed by atoms with E-state index in [2.05, 4.69) is 15.5 Å². The molecule has 6 heteroatoms. The van der Waals surface area contributed by atoms with Crippen molar-refractivity contribution in [3.05, 3.63) is 54.4 Å². The Morgan fingerprint density at radius 3 is 2.86 bits per heavy atom. The molecular weight excluding hydrogens is 270 g/mol. The summed E-state index contributed by atoms with van der Waals surface area (Å²) in [5.41, 5.74) is 3.07. The minimum absolute atomic E-state index is 0.155. The Kier molecular flexibility index (Phi) is 3.77. The van der Waals surface area contributed by atoms with Gasteiger partial charge < -0.3 is 9.47 Å². The van der Waals surface area contributed by atoms with Crippen LogP contribution in [0.15, 0.2) is 53.8 Å². The molecule has 6 nitrogen and oxygen atoms in total. The van der Waals surface area contributed by atoms with Crippen molar-refractivity contribution in [2.24, 2.45) is 5.10 Å². The number of para-hydroxylation sites is 2. The van der Waals surface area contributed by atoms with Gasteiger partial charge in [0.1, 0.15) is 6.61 Å². The monoisotopic (exact) mass is 283 g/mol. The van der Waals surface area contributed by atoms with E-state index in [0.717, 1.165) is 0 Å². The van der Waals surface area contributed by atoms with Gasteiger partial charge in [-0.3, -0.25) is 9.78 Å². The summed E-state index contributed by atoms with van der Waals surface area (Å²) in [6, 6.07) is 12.6. The van der Waals surface area contributed by atoms with Crippen molar-refractivity contribution in [2.75, 3.05) is 6.61 Å². The number of carbonyl (C=O) groups is 1. The molecule has 21 heavy (non-hydrogen) atoms. The predicted molar refractivity (Wildman–Crippen MR) is 76.3 cm³/mol. The van der Waals surface area contributed by atoms with Gasteiger partial charge in [-0.25, -0.2) is 5.43 Å². The average molecular weight is 283 g/mol. The van der Waals surface area contributed by atoms with Crippen LogP contribution in [0.2, 0.25) is 0 Å². The lowest BCUT2D eigenvalue weighted by Gasteiger charge is -2.24. The first-order valence-corrected chi connectivity index (χ1v) is 6.45. The maximum atomic E-state index is 11.9. The molecule has 2 aromatic rings. The first-order chi connectivity index (χ1) is 10.3. The molecule has 1 amide bonds. The fourth-order valence-electron chi connectivity index (χ4n) is 1.84. The number of aromatic nitrogens is 1. The van der Waals surface area contributed by atoms with Crippen LogP contribution >= 0.6 is 0 Å². The zero-order valence-electron chi connectivity index (χ0n) is 11.1. The van der Waals surface area contributed by atoms with Crippen LogP contribution in [-0.2, 0) is 4.79 Å². The number of pyridine rings is 1. The largest absolute Gasteiger partial charge is 0.485 e. The Hall–Kier alpha value is -2.89. The smallest absolute Gasteiger partial charge is 0.284 e. The maximum absolute atomic E-state index is 11.9. The summed E-state index contributed by atoms with van der Waals surface area (Å²) in [5.74, 6) is 0.827. The molecule has 0 unspecified atom stereocenters. The summed E-state index contributed by atoms with van der Waals surface area (Å²) < 4.78 is 11.0. The molecule has 1 aliphatic rings. The molecule has 0 bridgehead atoms. The van der Waals surface area contributed by atoms with E-state index in [0.29, 0.717) is 17.2 Å². The molecule has 2 heterocycles. The van der Waals surface area contributed by atoms with E-state index in [-0.39, 0.29) is 12.5 Å². The van der Waals surface area contributed by atoms with Gasteiger partial charge in [0.25, 0.3) is 5.91 Å². The SMILES string of the molecule is O=C(N/N=C/c1ccccn1)[C@@H]1COc2ccccc2O1. The highest BCUT2D eigenvalue weighted by atomic mass is 16.6. The number of ether oxygens (including phenoxy) is 2. The van der Waals surface area contributed by atoms with Crippen LogP contribution in [0.1, 0.15) is 5.69 Å².